The Bertz CT molecular complexity index is 750. The minimum atomic E-state index is -0.808. The van der Waals surface area contributed by atoms with Crippen LogP contribution in [0.15, 0.2) is 24.3 Å². The second kappa shape index (κ2) is 7.42. The Morgan fingerprint density at radius 1 is 1.23 bits per heavy atom. The minimum Gasteiger partial charge on any atom is -0.497 e. The van der Waals surface area contributed by atoms with Gasteiger partial charge in [0.15, 0.2) is 0 Å². The maximum absolute atomic E-state index is 12.6. The van der Waals surface area contributed by atoms with Crippen LogP contribution in [0.5, 0.6) is 5.75 Å². The Balaban J connectivity index is 1.66. The SMILES string of the molecule is COc1cccc(N2CCN(C(=O)[C@@H]3CCC(=O)NC(=O)N3)CC2=O)c1. The average Bonchev–Trinajstić information content (AvgIpc) is 2.81. The molecule has 2 aliphatic heterocycles. The normalized spacial score (nSPS) is 21.0. The molecule has 1 atom stereocenters. The number of hydrogen-bond acceptors (Lipinski definition) is 5. The van der Waals surface area contributed by atoms with Crippen molar-refractivity contribution in [1.29, 1.82) is 0 Å². The summed E-state index contributed by atoms with van der Waals surface area (Å²) >= 11 is 0. The van der Waals surface area contributed by atoms with Gasteiger partial charge >= 0.3 is 6.03 Å². The van der Waals surface area contributed by atoms with E-state index in [2.05, 4.69) is 10.6 Å². The number of hydrogen-bond donors (Lipinski definition) is 2. The second-order valence-corrected chi connectivity index (χ2v) is 6.12. The summed E-state index contributed by atoms with van der Waals surface area (Å²) in [6, 6.07) is 5.66. The van der Waals surface area contributed by atoms with E-state index in [0.717, 1.165) is 0 Å². The molecule has 3 rings (SSSR count). The zero-order chi connectivity index (χ0) is 18.7. The first-order valence-corrected chi connectivity index (χ1v) is 8.31. The maximum atomic E-state index is 12.6. The molecule has 0 aromatic heterocycles. The summed E-state index contributed by atoms with van der Waals surface area (Å²) < 4.78 is 5.17. The van der Waals surface area contributed by atoms with Crippen molar-refractivity contribution in [3.05, 3.63) is 24.3 Å². The smallest absolute Gasteiger partial charge is 0.322 e. The van der Waals surface area contributed by atoms with Gasteiger partial charge in [-0.25, -0.2) is 4.79 Å². The molecular weight excluding hydrogens is 340 g/mol. The van der Waals surface area contributed by atoms with E-state index in [4.69, 9.17) is 4.74 Å². The highest BCUT2D eigenvalue weighted by Gasteiger charge is 2.34. The highest BCUT2D eigenvalue weighted by Crippen LogP contribution is 2.23. The fourth-order valence-electron chi connectivity index (χ4n) is 3.05. The Labute approximate surface area is 150 Å². The van der Waals surface area contributed by atoms with Gasteiger partial charge in [-0.1, -0.05) is 6.07 Å². The molecule has 0 bridgehead atoms. The van der Waals surface area contributed by atoms with Crippen LogP contribution in [0.2, 0.25) is 0 Å². The molecule has 2 fully saturated rings. The topological polar surface area (TPSA) is 108 Å². The number of amides is 5. The molecule has 0 unspecified atom stereocenters. The summed E-state index contributed by atoms with van der Waals surface area (Å²) in [6.07, 6.45) is 0.285. The number of ether oxygens (including phenoxy) is 1. The van der Waals surface area contributed by atoms with Crippen molar-refractivity contribution >= 4 is 29.4 Å². The molecule has 0 spiro atoms. The molecule has 2 N–H and O–H groups in total. The van der Waals surface area contributed by atoms with Gasteiger partial charge < -0.3 is 19.9 Å². The first kappa shape index (κ1) is 17.7. The van der Waals surface area contributed by atoms with Crippen LogP contribution >= 0.6 is 0 Å². The molecule has 138 valence electrons. The highest BCUT2D eigenvalue weighted by molar-refractivity contribution is 6.01. The lowest BCUT2D eigenvalue weighted by Crippen LogP contribution is -2.57. The molecular formula is C17H20N4O5. The van der Waals surface area contributed by atoms with Crippen LogP contribution in [-0.4, -0.2) is 61.4 Å². The van der Waals surface area contributed by atoms with Gasteiger partial charge in [0.1, 0.15) is 18.3 Å². The molecule has 9 heteroatoms. The Hall–Kier alpha value is -3.10. The van der Waals surface area contributed by atoms with Crippen LogP contribution in [0.25, 0.3) is 0 Å². The number of piperazine rings is 1. The number of anilines is 1. The second-order valence-electron chi connectivity index (χ2n) is 6.12. The van der Waals surface area contributed by atoms with Gasteiger partial charge in [0.25, 0.3) is 0 Å². The predicted molar refractivity (Wildman–Crippen MR) is 91.6 cm³/mol. The van der Waals surface area contributed by atoms with Crippen molar-refractivity contribution in [2.24, 2.45) is 0 Å². The van der Waals surface area contributed by atoms with Crippen LogP contribution in [0, 0.1) is 0 Å². The number of rotatable bonds is 3. The third-order valence-electron chi connectivity index (χ3n) is 4.41. The van der Waals surface area contributed by atoms with Crippen LogP contribution in [0.1, 0.15) is 12.8 Å². The van der Waals surface area contributed by atoms with E-state index in [0.29, 0.717) is 24.5 Å². The highest BCUT2D eigenvalue weighted by atomic mass is 16.5. The summed E-state index contributed by atoms with van der Waals surface area (Å²) in [7, 11) is 1.55. The molecule has 1 aromatic carbocycles. The summed E-state index contributed by atoms with van der Waals surface area (Å²) in [6.45, 7) is 0.606. The van der Waals surface area contributed by atoms with Gasteiger partial charge in [-0.2, -0.15) is 0 Å². The number of carbonyl (C=O) groups excluding carboxylic acids is 4. The third kappa shape index (κ3) is 3.76. The molecule has 1 aromatic rings. The van der Waals surface area contributed by atoms with Gasteiger partial charge in [0.05, 0.1) is 7.11 Å². The van der Waals surface area contributed by atoms with Gasteiger partial charge in [-0.05, 0) is 18.6 Å². The van der Waals surface area contributed by atoms with E-state index in [1.54, 1.807) is 36.3 Å². The quantitative estimate of drug-likeness (QED) is 0.780. The number of benzene rings is 1. The summed E-state index contributed by atoms with van der Waals surface area (Å²) in [5, 5.41) is 4.61. The molecule has 9 nitrogen and oxygen atoms in total. The van der Waals surface area contributed by atoms with Crippen LogP contribution < -0.4 is 20.3 Å². The molecule has 0 radical (unpaired) electrons. The Kier molecular flexibility index (Phi) is 5.06. The molecule has 2 saturated heterocycles. The zero-order valence-electron chi connectivity index (χ0n) is 14.4. The van der Waals surface area contributed by atoms with Crippen molar-refractivity contribution in [1.82, 2.24) is 15.5 Å². The Morgan fingerprint density at radius 3 is 2.77 bits per heavy atom. The largest absolute Gasteiger partial charge is 0.497 e. The molecule has 26 heavy (non-hydrogen) atoms. The van der Waals surface area contributed by atoms with Crippen LogP contribution in [0.3, 0.4) is 0 Å². The van der Waals surface area contributed by atoms with Gasteiger partial charge in [0, 0.05) is 31.3 Å². The number of carbonyl (C=O) groups is 4. The predicted octanol–water partition coefficient (Wildman–Crippen LogP) is -0.141. The lowest BCUT2D eigenvalue weighted by atomic mass is 10.1. The number of nitrogens with one attached hydrogen (secondary N) is 2. The molecule has 2 heterocycles. The van der Waals surface area contributed by atoms with E-state index in [1.165, 1.54) is 4.90 Å². The fraction of sp³-hybridized carbons (Fsp3) is 0.412. The van der Waals surface area contributed by atoms with Crippen molar-refractivity contribution in [3.8, 4) is 5.75 Å². The molecule has 2 aliphatic rings. The van der Waals surface area contributed by atoms with Gasteiger partial charge in [-0.3, -0.25) is 19.7 Å². The summed E-state index contributed by atoms with van der Waals surface area (Å²) in [4.78, 5) is 51.1. The van der Waals surface area contributed by atoms with E-state index in [-0.39, 0.29) is 31.2 Å². The first-order valence-electron chi connectivity index (χ1n) is 8.31. The van der Waals surface area contributed by atoms with E-state index < -0.39 is 18.0 Å². The lowest BCUT2D eigenvalue weighted by Gasteiger charge is -2.35. The molecule has 5 amide bonds. The van der Waals surface area contributed by atoms with Crippen LogP contribution in [-0.2, 0) is 14.4 Å². The van der Waals surface area contributed by atoms with Crippen molar-refractivity contribution < 1.29 is 23.9 Å². The number of urea groups is 1. The number of methoxy groups -OCH3 is 1. The average molecular weight is 360 g/mol. The van der Waals surface area contributed by atoms with Gasteiger partial charge in [0.2, 0.25) is 17.7 Å². The third-order valence-corrected chi connectivity index (χ3v) is 4.41. The van der Waals surface area contributed by atoms with Gasteiger partial charge in [-0.15, -0.1) is 0 Å². The monoisotopic (exact) mass is 360 g/mol. The van der Waals surface area contributed by atoms with Crippen molar-refractivity contribution in [2.45, 2.75) is 18.9 Å². The summed E-state index contributed by atoms with van der Waals surface area (Å²) in [5.74, 6) is -0.343. The minimum absolute atomic E-state index is 0.0763. The van der Waals surface area contributed by atoms with E-state index >= 15 is 0 Å². The van der Waals surface area contributed by atoms with Crippen molar-refractivity contribution in [2.75, 3.05) is 31.6 Å². The number of nitrogens with zero attached hydrogens (tertiary/aromatic N) is 2. The van der Waals surface area contributed by atoms with E-state index in [1.807, 2.05) is 0 Å². The molecule has 0 aliphatic carbocycles. The van der Waals surface area contributed by atoms with Crippen molar-refractivity contribution in [3.63, 3.8) is 0 Å². The maximum Gasteiger partial charge on any atom is 0.322 e. The number of imide groups is 1. The molecule has 0 saturated carbocycles. The van der Waals surface area contributed by atoms with E-state index in [9.17, 15) is 19.2 Å². The zero-order valence-corrected chi connectivity index (χ0v) is 14.4. The lowest BCUT2D eigenvalue weighted by molar-refractivity contribution is -0.138. The standard InChI is InChI=1S/C17H20N4O5/c1-26-12-4-2-3-11(9-12)21-8-7-20(10-15(21)23)16(24)13-5-6-14(22)19-17(25)18-13/h2-4,9,13H,5-8,10H2,1H3,(H2,18,19,22,25)/t13-/m0/s1. The van der Waals surface area contributed by atoms with Crippen LogP contribution in [0.4, 0.5) is 10.5 Å². The first-order chi connectivity index (χ1) is 12.5. The Morgan fingerprint density at radius 2 is 2.04 bits per heavy atom. The summed E-state index contributed by atoms with van der Waals surface area (Å²) in [5.41, 5.74) is 0.707. The fourth-order valence-corrected chi connectivity index (χ4v) is 3.05.